The zero-order valence-corrected chi connectivity index (χ0v) is 37.0. The predicted molar refractivity (Wildman–Crippen MR) is 249 cm³/mol. The van der Waals surface area contributed by atoms with Gasteiger partial charge in [-0.1, -0.05) is 53.7 Å². The number of likely N-dealkylation sites (tertiary alicyclic amines) is 1. The number of aliphatic carboxylic acids is 2. The smallest absolute Gasteiger partial charge is 0.328 e. The summed E-state index contributed by atoms with van der Waals surface area (Å²) in [7, 11) is 2.22. The van der Waals surface area contributed by atoms with Gasteiger partial charge in [0.05, 0.1) is 35.5 Å². The molecule has 1 aliphatic carbocycles. The topological polar surface area (TPSA) is 241 Å². The normalized spacial score (nSPS) is 13.6. The molecular formula is C45H53Cl2N5O10S. The second-order valence-electron chi connectivity index (χ2n) is 14.1. The van der Waals surface area contributed by atoms with Gasteiger partial charge in [0.1, 0.15) is 11.5 Å². The summed E-state index contributed by atoms with van der Waals surface area (Å²) in [4.78, 5) is 51.1. The number of hydrogen-bond acceptors (Lipinski definition) is 14. The van der Waals surface area contributed by atoms with Crippen molar-refractivity contribution in [1.29, 1.82) is 0 Å². The van der Waals surface area contributed by atoms with E-state index in [4.69, 9.17) is 20.4 Å². The van der Waals surface area contributed by atoms with E-state index in [2.05, 4.69) is 81.7 Å². The van der Waals surface area contributed by atoms with Crippen LogP contribution in [0.15, 0.2) is 100 Å². The second-order valence-corrected chi connectivity index (χ2v) is 15.2. The van der Waals surface area contributed by atoms with E-state index in [1.165, 1.54) is 64.6 Å². The van der Waals surface area contributed by atoms with Crippen molar-refractivity contribution in [3.8, 4) is 11.5 Å². The van der Waals surface area contributed by atoms with Crippen LogP contribution in [0.25, 0.3) is 5.57 Å². The second kappa shape index (κ2) is 25.6. The summed E-state index contributed by atoms with van der Waals surface area (Å²) in [5.41, 5.74) is 6.68. The number of rotatable bonds is 14. The third-order valence-electron chi connectivity index (χ3n) is 9.93. The minimum atomic E-state index is -1.26. The number of aliphatic hydroxyl groups excluding tert-OH is 2. The van der Waals surface area contributed by atoms with Gasteiger partial charge in [0.15, 0.2) is 0 Å². The molecule has 1 saturated heterocycles. The third-order valence-corrected chi connectivity index (χ3v) is 11.1. The van der Waals surface area contributed by atoms with Crippen LogP contribution < -0.4 is 21.3 Å². The first-order chi connectivity index (χ1) is 29.5. The van der Waals surface area contributed by atoms with Crippen LogP contribution in [0, 0.1) is 0 Å². The zero-order valence-electron chi connectivity index (χ0n) is 34.6. The molecule has 7 rings (SSSR count). The van der Waals surface area contributed by atoms with Crippen LogP contribution >= 0.6 is 36.6 Å². The molecule has 10 N–H and O–H groups in total. The summed E-state index contributed by atoms with van der Waals surface area (Å²) in [6, 6.07) is 23.5. The Labute approximate surface area is 382 Å². The molecule has 0 radical (unpaired) electrons. The van der Waals surface area contributed by atoms with E-state index in [0.29, 0.717) is 62.8 Å². The number of carboxylic acid groups (broad SMARTS) is 2. The Morgan fingerprint density at radius 3 is 1.43 bits per heavy atom. The molecule has 2 aliphatic heterocycles. The first-order valence-corrected chi connectivity index (χ1v) is 20.6. The molecule has 2 heterocycles. The summed E-state index contributed by atoms with van der Waals surface area (Å²) < 4.78 is 0. The lowest BCUT2D eigenvalue weighted by molar-refractivity contribution is -0.134. The molecule has 15 nitrogen and oxygen atoms in total. The molecular weight excluding hydrogens is 873 g/mol. The number of hydrogen-bond donors (Lipinski definition) is 10. The fourth-order valence-corrected chi connectivity index (χ4v) is 8.18. The van der Waals surface area contributed by atoms with Gasteiger partial charge in [0, 0.05) is 85.7 Å². The van der Waals surface area contributed by atoms with E-state index < -0.39 is 23.5 Å². The minimum Gasteiger partial charge on any atom is -0.507 e. The average molecular weight is 927 g/mol. The quantitative estimate of drug-likeness (QED) is 0.0389. The molecule has 1 fully saturated rings. The number of piperidine rings is 1. The van der Waals surface area contributed by atoms with Crippen LogP contribution in [0.5, 0.6) is 11.5 Å². The molecule has 18 heteroatoms. The molecule has 0 amide bonds. The maximum absolute atomic E-state index is 13.4. The number of nitrogens with one attached hydrogen (secondary N) is 4. The summed E-state index contributed by atoms with van der Waals surface area (Å²) >= 11 is 1.91. The number of anilines is 2. The number of carbonyl (C=O) groups is 4. The number of aromatic hydroxyl groups is 2. The number of aliphatic hydroxyl groups is 2. The molecule has 338 valence electrons. The molecule has 0 atom stereocenters. The van der Waals surface area contributed by atoms with Gasteiger partial charge in [-0.25, -0.2) is 9.59 Å². The standard InChI is InChI=1S/C22H28N4O6.C19H19NS.C4H4O4.2ClH/c27-11-9-23-5-7-25-13-1-2-14(26-8-6-24-10-12-28)18-17(13)21(31)19-15(29)3-4-16(30)20(19)22(18)32;1-20-12-10-14(11-13-20)19-15-6-2-4-8-17(15)21-18-9-5-3-7-16(18)19;5-3(6)1-2-4(7)8;;/h1-4,23-30H,5-12H2;2-9H,10-13H2,1H3;1-2H,(H,5,6)(H,7,8);2*1H. The summed E-state index contributed by atoms with van der Waals surface area (Å²) in [5, 5.41) is 66.2. The lowest BCUT2D eigenvalue weighted by Crippen LogP contribution is -2.28. The number of nitrogens with zero attached hydrogens (tertiary/aromatic N) is 1. The Bertz CT molecular complexity index is 2160. The van der Waals surface area contributed by atoms with Gasteiger partial charge in [0.2, 0.25) is 11.6 Å². The number of carbonyl (C=O) groups excluding carboxylic acids is 2. The number of ketones is 2. The Morgan fingerprint density at radius 2 is 1.03 bits per heavy atom. The van der Waals surface area contributed by atoms with Crippen molar-refractivity contribution in [1.82, 2.24) is 15.5 Å². The van der Waals surface area contributed by atoms with Crippen molar-refractivity contribution in [3.05, 3.63) is 124 Å². The SMILES string of the molecule is CN1CCC(=C2c3ccccc3Sc3ccccc32)CC1.Cl.Cl.O=C(O)C=CC(=O)O.O=C1c2c(O)ccc(O)c2C(=O)c2c(NCCNCCO)ccc(NCCNCCO)c21. The fraction of sp³-hybridized carbons (Fsp3) is 0.289. The maximum Gasteiger partial charge on any atom is 0.328 e. The van der Waals surface area contributed by atoms with Gasteiger partial charge >= 0.3 is 11.9 Å². The highest BCUT2D eigenvalue weighted by atomic mass is 35.5. The van der Waals surface area contributed by atoms with E-state index in [1.54, 1.807) is 17.7 Å². The first-order valence-electron chi connectivity index (χ1n) is 19.8. The molecule has 0 unspecified atom stereocenters. The molecule has 0 bridgehead atoms. The zero-order chi connectivity index (χ0) is 43.9. The minimum absolute atomic E-state index is 0. The number of phenolic OH excluding ortho intramolecular Hbond substituents is 2. The summed E-state index contributed by atoms with van der Waals surface area (Å²) in [6.07, 6.45) is 3.50. The van der Waals surface area contributed by atoms with Crippen molar-refractivity contribution in [2.24, 2.45) is 0 Å². The van der Waals surface area contributed by atoms with Crippen molar-refractivity contribution < 1.29 is 49.8 Å². The number of phenols is 2. The molecule has 3 aliphatic rings. The van der Waals surface area contributed by atoms with Crippen molar-refractivity contribution in [2.75, 3.05) is 83.3 Å². The highest BCUT2D eigenvalue weighted by Gasteiger charge is 2.38. The number of carboxylic acids is 2. The summed E-state index contributed by atoms with van der Waals surface area (Å²) in [5.74, 6) is -4.38. The van der Waals surface area contributed by atoms with Crippen LogP contribution in [0.3, 0.4) is 0 Å². The summed E-state index contributed by atoms with van der Waals surface area (Å²) in [6.45, 7) is 5.16. The van der Waals surface area contributed by atoms with Gasteiger partial charge in [-0.15, -0.1) is 24.8 Å². The lowest BCUT2D eigenvalue weighted by Gasteiger charge is -2.30. The van der Waals surface area contributed by atoms with Crippen molar-refractivity contribution in [3.63, 3.8) is 0 Å². The van der Waals surface area contributed by atoms with E-state index in [1.807, 2.05) is 11.8 Å². The largest absolute Gasteiger partial charge is 0.507 e. The van der Waals surface area contributed by atoms with Crippen molar-refractivity contribution >= 4 is 77.0 Å². The number of fused-ring (bicyclic) bond motifs is 4. The first kappa shape index (κ1) is 51.9. The van der Waals surface area contributed by atoms with E-state index >= 15 is 0 Å². The Kier molecular flexibility index (Phi) is 21.1. The van der Waals surface area contributed by atoms with Crippen LogP contribution in [0.4, 0.5) is 11.4 Å². The predicted octanol–water partition coefficient (Wildman–Crippen LogP) is 5.09. The van der Waals surface area contributed by atoms with Crippen LogP contribution in [-0.2, 0) is 9.59 Å². The van der Waals surface area contributed by atoms with Crippen LogP contribution in [-0.4, -0.2) is 132 Å². The van der Waals surface area contributed by atoms with Gasteiger partial charge in [-0.3, -0.25) is 9.59 Å². The van der Waals surface area contributed by atoms with Gasteiger partial charge in [-0.2, -0.15) is 0 Å². The Balaban J connectivity index is 0.000000292. The van der Waals surface area contributed by atoms with Gasteiger partial charge in [0.25, 0.3) is 0 Å². The Hall–Kier alpha value is -5.43. The molecule has 4 aromatic rings. The highest BCUT2D eigenvalue weighted by molar-refractivity contribution is 7.99. The fourth-order valence-electron chi connectivity index (χ4n) is 7.09. The number of benzene rings is 4. The van der Waals surface area contributed by atoms with Gasteiger partial charge < -0.3 is 56.8 Å². The maximum atomic E-state index is 13.4. The average Bonchev–Trinajstić information content (AvgIpc) is 3.25. The van der Waals surface area contributed by atoms with Crippen molar-refractivity contribution in [2.45, 2.75) is 22.6 Å². The van der Waals surface area contributed by atoms with Gasteiger partial charge in [-0.05, 0) is 73.0 Å². The number of halogens is 2. The molecule has 0 saturated carbocycles. The molecule has 4 aromatic carbocycles. The third kappa shape index (κ3) is 13.5. The van der Waals surface area contributed by atoms with E-state index in [-0.39, 0.29) is 71.8 Å². The highest BCUT2D eigenvalue weighted by Crippen LogP contribution is 2.47. The van der Waals surface area contributed by atoms with Crippen LogP contribution in [0.2, 0.25) is 0 Å². The Morgan fingerprint density at radius 1 is 0.619 bits per heavy atom. The van der Waals surface area contributed by atoms with E-state index in [0.717, 1.165) is 0 Å². The van der Waals surface area contributed by atoms with E-state index in [9.17, 15) is 29.4 Å². The molecule has 0 aromatic heterocycles. The van der Waals surface area contributed by atoms with Crippen LogP contribution in [0.1, 0.15) is 55.8 Å². The lowest BCUT2D eigenvalue weighted by atomic mass is 9.81. The monoisotopic (exact) mass is 925 g/mol. The molecule has 63 heavy (non-hydrogen) atoms. The molecule has 0 spiro atoms.